The molecule has 1 heteroatoms. The van der Waals surface area contributed by atoms with E-state index in [1.54, 1.807) is 0 Å². The molecule has 346 valence electrons. The number of hydrogen-bond donors (Lipinski definition) is 0. The summed E-state index contributed by atoms with van der Waals surface area (Å²) in [5, 5.41) is 2.61. The van der Waals surface area contributed by atoms with Crippen molar-refractivity contribution in [1.29, 1.82) is 0 Å². The molecular weight excluding hydrogens is 867 g/mol. The Balaban J connectivity index is 0.793. The van der Waals surface area contributed by atoms with E-state index in [1.807, 2.05) is 0 Å². The molecule has 0 aromatic heterocycles. The molecule has 12 rings (SSSR count). The number of fused-ring (bicyclic) bond motifs is 4. The molecule has 11 aromatic carbocycles. The molecule has 0 bridgehead atoms. The van der Waals surface area contributed by atoms with Crippen LogP contribution in [0.4, 0.5) is 17.1 Å². The number of hydrogen-bond acceptors (Lipinski definition) is 1. The van der Waals surface area contributed by atoms with E-state index in [9.17, 15) is 0 Å². The van der Waals surface area contributed by atoms with Gasteiger partial charge in [0.2, 0.25) is 0 Å². The Bertz CT molecular complexity index is 3690. The molecule has 1 aliphatic rings. The zero-order valence-electron chi connectivity index (χ0n) is 41.4. The molecule has 11 aromatic rings. The van der Waals surface area contributed by atoms with E-state index in [-0.39, 0.29) is 17.3 Å². The first-order valence-corrected chi connectivity index (χ1v) is 25.4. The van der Waals surface area contributed by atoms with E-state index in [1.165, 1.54) is 99.8 Å². The van der Waals surface area contributed by atoms with Crippen molar-refractivity contribution in [2.75, 3.05) is 4.90 Å². The predicted octanol–water partition coefficient (Wildman–Crippen LogP) is 19.5. The summed E-state index contributed by atoms with van der Waals surface area (Å²) in [6.07, 6.45) is 0. The maximum Gasteiger partial charge on any atom is 0.0462 e. The molecule has 2 atom stereocenters. The van der Waals surface area contributed by atoms with Crippen LogP contribution in [-0.4, -0.2) is 0 Å². The molecule has 1 aliphatic carbocycles. The quantitative estimate of drug-likeness (QED) is 0.125. The third-order valence-electron chi connectivity index (χ3n) is 15.4. The van der Waals surface area contributed by atoms with Crippen molar-refractivity contribution in [2.24, 2.45) is 0 Å². The summed E-state index contributed by atoms with van der Waals surface area (Å²) in [4.78, 5) is 2.34. The zero-order chi connectivity index (χ0) is 48.8. The first-order chi connectivity index (χ1) is 35.3. The van der Waals surface area contributed by atoms with E-state index < -0.39 is 0 Å². The highest BCUT2D eigenvalue weighted by Gasteiger charge is 2.36. The number of anilines is 3. The van der Waals surface area contributed by atoms with E-state index in [0.29, 0.717) is 0 Å². The SMILES string of the molecule is Cc1cccc(C(c2cccc3ccccc23)C(C)c2ccc(-c3ccc4c(c3)C(C)(C)c3cc(-c5ccc(N(c6ccccc6)c6ccc(-c7ccc(-c8ccccc8)cc7)cc6)cc5)ccc3-4)cc2)c1. The Morgan fingerprint density at radius 2 is 0.778 bits per heavy atom. The minimum Gasteiger partial charge on any atom is -0.311 e. The smallest absolute Gasteiger partial charge is 0.0462 e. The van der Waals surface area contributed by atoms with Gasteiger partial charge < -0.3 is 4.90 Å². The Hall–Kier alpha value is -8.52. The van der Waals surface area contributed by atoms with Crippen LogP contribution in [-0.2, 0) is 5.41 Å². The molecule has 0 saturated heterocycles. The summed E-state index contributed by atoms with van der Waals surface area (Å²) in [6, 6.07) is 96.4. The molecule has 0 saturated carbocycles. The van der Waals surface area contributed by atoms with Crippen LogP contribution < -0.4 is 4.90 Å². The van der Waals surface area contributed by atoms with Gasteiger partial charge in [-0.15, -0.1) is 0 Å². The van der Waals surface area contributed by atoms with E-state index in [4.69, 9.17) is 0 Å². The number of para-hydroxylation sites is 1. The lowest BCUT2D eigenvalue weighted by Gasteiger charge is -2.27. The number of rotatable bonds is 11. The number of aryl methyl sites for hydroxylation is 1. The van der Waals surface area contributed by atoms with Gasteiger partial charge in [-0.25, -0.2) is 0 Å². The fraction of sp³-hybridized carbons (Fsp3) is 0.0986. The molecule has 0 radical (unpaired) electrons. The van der Waals surface area contributed by atoms with E-state index in [2.05, 4.69) is 293 Å². The highest BCUT2D eigenvalue weighted by molar-refractivity contribution is 5.88. The fourth-order valence-electron chi connectivity index (χ4n) is 11.5. The fourth-order valence-corrected chi connectivity index (χ4v) is 11.5. The number of nitrogens with zero attached hydrogens (tertiary/aromatic N) is 1. The van der Waals surface area contributed by atoms with Gasteiger partial charge in [-0.1, -0.05) is 239 Å². The van der Waals surface area contributed by atoms with Crippen molar-refractivity contribution < 1.29 is 0 Å². The number of benzene rings is 11. The molecular formula is C71H57N. The largest absolute Gasteiger partial charge is 0.311 e. The van der Waals surface area contributed by atoms with Crippen LogP contribution in [0.15, 0.2) is 261 Å². The monoisotopic (exact) mass is 923 g/mol. The normalized spacial score (nSPS) is 13.3. The molecule has 0 amide bonds. The standard InChI is InChI=1S/C71H57N/c1-48-15-13-20-60(45-48)70(67-24-14-19-57-18-11-12-23-64(57)67)49(2)50-25-27-55(28-26-50)58-37-43-65-66-44-38-59(47-69(66)71(3,4)68(65)46-58)56-35-41-63(42-36-56)72(61-21-9-6-10-22-61)62-39-33-54(34-40-62)53-31-29-52(30-32-53)51-16-7-5-8-17-51/h5-47,49,70H,1-4H3. The lowest BCUT2D eigenvalue weighted by molar-refractivity contribution is 0.660. The Morgan fingerprint density at radius 3 is 1.35 bits per heavy atom. The van der Waals surface area contributed by atoms with Crippen LogP contribution in [0.25, 0.3) is 66.4 Å². The van der Waals surface area contributed by atoms with Crippen molar-refractivity contribution in [3.05, 3.63) is 294 Å². The lowest BCUT2D eigenvalue weighted by atomic mass is 9.76. The van der Waals surface area contributed by atoms with Crippen LogP contribution in [0.1, 0.15) is 66.0 Å². The van der Waals surface area contributed by atoms with Crippen molar-refractivity contribution in [1.82, 2.24) is 0 Å². The molecule has 0 N–H and O–H groups in total. The topological polar surface area (TPSA) is 3.24 Å². The van der Waals surface area contributed by atoms with Crippen LogP contribution in [0.5, 0.6) is 0 Å². The van der Waals surface area contributed by atoms with Gasteiger partial charge in [-0.3, -0.25) is 0 Å². The second kappa shape index (κ2) is 18.7. The second-order valence-corrected chi connectivity index (χ2v) is 20.2. The van der Waals surface area contributed by atoms with Crippen molar-refractivity contribution >= 4 is 27.8 Å². The zero-order valence-corrected chi connectivity index (χ0v) is 41.4. The molecule has 0 aliphatic heterocycles. The van der Waals surface area contributed by atoms with Gasteiger partial charge in [-0.05, 0) is 156 Å². The van der Waals surface area contributed by atoms with Gasteiger partial charge in [-0.2, -0.15) is 0 Å². The summed E-state index contributed by atoms with van der Waals surface area (Å²) in [6.45, 7) is 9.38. The van der Waals surface area contributed by atoms with Crippen LogP contribution >= 0.6 is 0 Å². The Morgan fingerprint density at radius 1 is 0.347 bits per heavy atom. The van der Waals surface area contributed by atoms with Crippen molar-refractivity contribution in [3.8, 4) is 55.6 Å². The maximum absolute atomic E-state index is 2.44. The van der Waals surface area contributed by atoms with Gasteiger partial charge in [0.05, 0.1) is 0 Å². The molecule has 0 heterocycles. The van der Waals surface area contributed by atoms with Crippen molar-refractivity contribution in [3.63, 3.8) is 0 Å². The molecule has 0 fully saturated rings. The third kappa shape index (κ3) is 8.31. The molecule has 0 spiro atoms. The second-order valence-electron chi connectivity index (χ2n) is 20.2. The van der Waals surface area contributed by atoms with Crippen LogP contribution in [0, 0.1) is 6.92 Å². The van der Waals surface area contributed by atoms with Gasteiger partial charge in [0.1, 0.15) is 0 Å². The highest BCUT2D eigenvalue weighted by Crippen LogP contribution is 2.51. The van der Waals surface area contributed by atoms with Gasteiger partial charge in [0.25, 0.3) is 0 Å². The van der Waals surface area contributed by atoms with Crippen LogP contribution in [0.3, 0.4) is 0 Å². The van der Waals surface area contributed by atoms with E-state index >= 15 is 0 Å². The Labute approximate surface area is 425 Å². The third-order valence-corrected chi connectivity index (χ3v) is 15.4. The molecule has 72 heavy (non-hydrogen) atoms. The Kier molecular flexibility index (Phi) is 11.6. The van der Waals surface area contributed by atoms with E-state index in [0.717, 1.165) is 17.1 Å². The van der Waals surface area contributed by atoms with Gasteiger partial charge in [0, 0.05) is 28.4 Å². The highest BCUT2D eigenvalue weighted by atomic mass is 15.1. The maximum atomic E-state index is 2.44. The summed E-state index contributed by atoms with van der Waals surface area (Å²) in [5.41, 5.74) is 23.8. The van der Waals surface area contributed by atoms with Gasteiger partial charge in [0.15, 0.2) is 0 Å². The minimum atomic E-state index is -0.162. The summed E-state index contributed by atoms with van der Waals surface area (Å²) in [5.74, 6) is 0.480. The van der Waals surface area contributed by atoms with Crippen molar-refractivity contribution in [2.45, 2.75) is 44.9 Å². The predicted molar refractivity (Wildman–Crippen MR) is 306 cm³/mol. The lowest BCUT2D eigenvalue weighted by Crippen LogP contribution is -2.15. The van der Waals surface area contributed by atoms with Crippen LogP contribution in [0.2, 0.25) is 0 Å². The summed E-state index contributed by atoms with van der Waals surface area (Å²) in [7, 11) is 0. The minimum absolute atomic E-state index is 0.162. The first kappa shape index (κ1) is 44.7. The molecule has 2 unspecified atom stereocenters. The van der Waals surface area contributed by atoms with Gasteiger partial charge >= 0.3 is 0 Å². The first-order valence-electron chi connectivity index (χ1n) is 25.4. The average molecular weight is 924 g/mol. The summed E-state index contributed by atoms with van der Waals surface area (Å²) < 4.78 is 0. The molecule has 1 nitrogen and oxygen atoms in total. The average Bonchev–Trinajstić information content (AvgIpc) is 3.66. The summed E-state index contributed by atoms with van der Waals surface area (Å²) >= 11 is 0.